The van der Waals surface area contributed by atoms with Crippen molar-refractivity contribution >= 4 is 27.4 Å². The molecule has 1 atom stereocenters. The van der Waals surface area contributed by atoms with E-state index in [2.05, 4.69) is 9.97 Å². The summed E-state index contributed by atoms with van der Waals surface area (Å²) in [5.41, 5.74) is 0. The second-order valence-electron chi connectivity index (χ2n) is 4.37. The van der Waals surface area contributed by atoms with E-state index >= 15 is 0 Å². The largest absolute Gasteiger partial charge is 0.354 e. The standard InChI is InChI=1S/C10H15ClN4O2S/c1-8-6-14(3-4-15(8)18(2,16)17)10-5-9(11)12-7-13-10/h5,7-8H,3-4,6H2,1-2H3/t8-/m0/s1. The average molecular weight is 291 g/mol. The van der Waals surface area contributed by atoms with Crippen molar-refractivity contribution in [3.63, 3.8) is 0 Å². The van der Waals surface area contributed by atoms with E-state index in [4.69, 9.17) is 11.6 Å². The van der Waals surface area contributed by atoms with Gasteiger partial charge in [0.1, 0.15) is 17.3 Å². The number of nitrogens with zero attached hydrogens (tertiary/aromatic N) is 4. The van der Waals surface area contributed by atoms with Crippen molar-refractivity contribution < 1.29 is 8.42 Å². The highest BCUT2D eigenvalue weighted by atomic mass is 35.5. The van der Waals surface area contributed by atoms with Gasteiger partial charge in [-0.2, -0.15) is 4.31 Å². The van der Waals surface area contributed by atoms with Gasteiger partial charge in [-0.15, -0.1) is 0 Å². The van der Waals surface area contributed by atoms with Crippen molar-refractivity contribution in [2.75, 3.05) is 30.8 Å². The molecular weight excluding hydrogens is 276 g/mol. The van der Waals surface area contributed by atoms with Gasteiger partial charge in [-0.3, -0.25) is 0 Å². The lowest BCUT2D eigenvalue weighted by Crippen LogP contribution is -2.53. The Morgan fingerprint density at radius 2 is 2.11 bits per heavy atom. The van der Waals surface area contributed by atoms with Crippen molar-refractivity contribution in [1.82, 2.24) is 14.3 Å². The topological polar surface area (TPSA) is 66.4 Å². The number of sulfonamides is 1. The van der Waals surface area contributed by atoms with Crippen LogP contribution in [-0.2, 0) is 10.0 Å². The van der Waals surface area contributed by atoms with E-state index in [9.17, 15) is 8.42 Å². The predicted molar refractivity (Wildman–Crippen MR) is 70.3 cm³/mol. The Hall–Kier alpha value is -0.920. The number of hydrogen-bond donors (Lipinski definition) is 0. The second-order valence-corrected chi connectivity index (χ2v) is 6.69. The van der Waals surface area contributed by atoms with Gasteiger partial charge in [0.25, 0.3) is 0 Å². The monoisotopic (exact) mass is 290 g/mol. The minimum Gasteiger partial charge on any atom is -0.354 e. The minimum atomic E-state index is -3.14. The number of rotatable bonds is 2. The maximum atomic E-state index is 11.6. The van der Waals surface area contributed by atoms with E-state index in [1.54, 1.807) is 6.07 Å². The molecule has 0 saturated carbocycles. The lowest BCUT2D eigenvalue weighted by molar-refractivity contribution is 0.308. The van der Waals surface area contributed by atoms with Gasteiger partial charge in [0.15, 0.2) is 0 Å². The Kier molecular flexibility index (Phi) is 3.74. The molecule has 100 valence electrons. The summed E-state index contributed by atoms with van der Waals surface area (Å²) >= 11 is 5.82. The van der Waals surface area contributed by atoms with Crippen molar-refractivity contribution in [1.29, 1.82) is 0 Å². The summed E-state index contributed by atoms with van der Waals surface area (Å²) in [4.78, 5) is 9.99. The van der Waals surface area contributed by atoms with Gasteiger partial charge < -0.3 is 4.90 Å². The van der Waals surface area contributed by atoms with Gasteiger partial charge >= 0.3 is 0 Å². The van der Waals surface area contributed by atoms with E-state index < -0.39 is 10.0 Å². The summed E-state index contributed by atoms with van der Waals surface area (Å²) in [5, 5.41) is 0.387. The van der Waals surface area contributed by atoms with E-state index in [0.717, 1.165) is 5.82 Å². The summed E-state index contributed by atoms with van der Waals surface area (Å²) in [5.74, 6) is 0.731. The van der Waals surface area contributed by atoms with Crippen LogP contribution in [0.25, 0.3) is 0 Å². The molecule has 0 aromatic carbocycles. The van der Waals surface area contributed by atoms with E-state index in [1.807, 2.05) is 11.8 Å². The SMILES string of the molecule is C[C@H]1CN(c2cc(Cl)ncn2)CCN1S(C)(=O)=O. The molecule has 2 rings (SSSR count). The molecule has 0 radical (unpaired) electrons. The Morgan fingerprint density at radius 1 is 1.39 bits per heavy atom. The minimum absolute atomic E-state index is 0.0810. The normalized spacial score (nSPS) is 22.2. The molecule has 1 saturated heterocycles. The summed E-state index contributed by atoms with van der Waals surface area (Å²) < 4.78 is 24.6. The summed E-state index contributed by atoms with van der Waals surface area (Å²) in [7, 11) is -3.14. The first-order chi connectivity index (χ1) is 8.38. The quantitative estimate of drug-likeness (QED) is 0.746. The number of anilines is 1. The van der Waals surface area contributed by atoms with Crippen LogP contribution >= 0.6 is 11.6 Å². The number of halogens is 1. The Labute approximate surface area is 112 Å². The maximum Gasteiger partial charge on any atom is 0.211 e. The third-order valence-electron chi connectivity index (χ3n) is 2.94. The van der Waals surface area contributed by atoms with E-state index in [0.29, 0.717) is 24.8 Å². The van der Waals surface area contributed by atoms with Crippen LogP contribution in [0.5, 0.6) is 0 Å². The third kappa shape index (κ3) is 2.90. The molecule has 0 N–H and O–H groups in total. The van der Waals surface area contributed by atoms with Gasteiger partial charge in [0.05, 0.1) is 6.26 Å². The van der Waals surface area contributed by atoms with Crippen LogP contribution in [0.3, 0.4) is 0 Å². The predicted octanol–water partition coefficient (Wildman–Crippen LogP) is 0.600. The van der Waals surface area contributed by atoms with Gasteiger partial charge in [-0.1, -0.05) is 11.6 Å². The van der Waals surface area contributed by atoms with Crippen molar-refractivity contribution in [3.05, 3.63) is 17.5 Å². The highest BCUT2D eigenvalue weighted by Crippen LogP contribution is 2.20. The average Bonchev–Trinajstić information content (AvgIpc) is 2.27. The smallest absolute Gasteiger partial charge is 0.211 e. The molecular formula is C10H15ClN4O2S. The molecule has 0 amide bonds. The molecule has 18 heavy (non-hydrogen) atoms. The molecule has 8 heteroatoms. The van der Waals surface area contributed by atoms with Gasteiger partial charge in [0.2, 0.25) is 10.0 Å². The highest BCUT2D eigenvalue weighted by molar-refractivity contribution is 7.88. The molecule has 0 aliphatic carbocycles. The van der Waals surface area contributed by atoms with Crippen molar-refractivity contribution in [3.8, 4) is 0 Å². The van der Waals surface area contributed by atoms with Crippen LogP contribution < -0.4 is 4.90 Å². The number of piperazine rings is 1. The second kappa shape index (κ2) is 4.99. The Bertz CT molecular complexity index is 536. The van der Waals surface area contributed by atoms with Gasteiger partial charge in [0, 0.05) is 31.7 Å². The zero-order valence-electron chi connectivity index (χ0n) is 10.2. The molecule has 0 bridgehead atoms. The molecule has 1 aromatic rings. The molecule has 6 nitrogen and oxygen atoms in total. The maximum absolute atomic E-state index is 11.6. The van der Waals surface area contributed by atoms with Gasteiger partial charge in [-0.05, 0) is 6.92 Å². The van der Waals surface area contributed by atoms with E-state index in [-0.39, 0.29) is 6.04 Å². The molecule has 1 fully saturated rings. The Balaban J connectivity index is 2.13. The summed E-state index contributed by atoms with van der Waals surface area (Å²) in [6, 6.07) is 1.60. The van der Waals surface area contributed by atoms with Crippen LogP contribution in [0, 0.1) is 0 Å². The zero-order chi connectivity index (χ0) is 13.3. The first kappa shape index (κ1) is 13.5. The zero-order valence-corrected chi connectivity index (χ0v) is 11.8. The summed E-state index contributed by atoms with van der Waals surface area (Å²) in [6.07, 6.45) is 2.64. The van der Waals surface area contributed by atoms with Gasteiger partial charge in [-0.25, -0.2) is 18.4 Å². The lowest BCUT2D eigenvalue weighted by atomic mass is 10.2. The molecule has 1 aromatic heterocycles. The fourth-order valence-electron chi connectivity index (χ4n) is 2.14. The molecule has 0 unspecified atom stereocenters. The first-order valence-electron chi connectivity index (χ1n) is 5.57. The van der Waals surface area contributed by atoms with E-state index in [1.165, 1.54) is 16.9 Å². The number of hydrogen-bond acceptors (Lipinski definition) is 5. The van der Waals surface area contributed by atoms with Crippen molar-refractivity contribution in [2.24, 2.45) is 0 Å². The molecule has 2 heterocycles. The van der Waals surface area contributed by atoms with Crippen molar-refractivity contribution in [2.45, 2.75) is 13.0 Å². The van der Waals surface area contributed by atoms with Crippen LogP contribution in [0.2, 0.25) is 5.15 Å². The number of aromatic nitrogens is 2. The van der Waals surface area contributed by atoms with Crippen LogP contribution in [0.15, 0.2) is 12.4 Å². The highest BCUT2D eigenvalue weighted by Gasteiger charge is 2.30. The molecule has 0 spiro atoms. The fraction of sp³-hybridized carbons (Fsp3) is 0.600. The van der Waals surface area contributed by atoms with Crippen LogP contribution in [-0.4, -0.2) is 54.6 Å². The van der Waals surface area contributed by atoms with Crippen LogP contribution in [0.1, 0.15) is 6.92 Å². The first-order valence-corrected chi connectivity index (χ1v) is 7.80. The lowest BCUT2D eigenvalue weighted by Gasteiger charge is -2.38. The van der Waals surface area contributed by atoms with Crippen LogP contribution in [0.4, 0.5) is 5.82 Å². The molecule has 1 aliphatic rings. The Morgan fingerprint density at radius 3 is 2.67 bits per heavy atom. The molecule has 1 aliphatic heterocycles. The fourth-order valence-corrected chi connectivity index (χ4v) is 3.41. The summed E-state index contributed by atoms with van der Waals surface area (Å²) in [6.45, 7) is 3.54. The third-order valence-corrected chi connectivity index (χ3v) is 4.54.